The summed E-state index contributed by atoms with van der Waals surface area (Å²) < 4.78 is 0. The highest BCUT2D eigenvalue weighted by molar-refractivity contribution is 5.19. The van der Waals surface area contributed by atoms with Crippen LogP contribution in [0.25, 0.3) is 0 Å². The average molecular weight is 288 g/mol. The molecule has 21 heavy (non-hydrogen) atoms. The van der Waals surface area contributed by atoms with Crippen LogP contribution in [0.4, 0.5) is 0 Å². The van der Waals surface area contributed by atoms with Gasteiger partial charge in [0.1, 0.15) is 0 Å². The summed E-state index contributed by atoms with van der Waals surface area (Å²) in [6.45, 7) is 19.2. The number of hydrogen-bond acceptors (Lipinski definition) is 1. The molecule has 0 aromatic heterocycles. The molecule has 2 fully saturated rings. The molecule has 2 aliphatic carbocycles. The van der Waals surface area contributed by atoms with Gasteiger partial charge in [0.25, 0.3) is 0 Å². The Morgan fingerprint density at radius 3 is 2.62 bits per heavy atom. The van der Waals surface area contributed by atoms with E-state index in [0.29, 0.717) is 11.8 Å². The van der Waals surface area contributed by atoms with Crippen LogP contribution in [-0.4, -0.2) is 11.2 Å². The van der Waals surface area contributed by atoms with Crippen molar-refractivity contribution in [1.82, 2.24) is 0 Å². The summed E-state index contributed by atoms with van der Waals surface area (Å²) in [5.41, 5.74) is 2.84. The molecule has 0 amide bonds. The Bertz CT molecular complexity index is 445. The van der Waals surface area contributed by atoms with Crippen molar-refractivity contribution in [3.8, 4) is 0 Å². The molecular weight excluding hydrogens is 256 g/mol. The van der Waals surface area contributed by atoms with Gasteiger partial charge in [-0.2, -0.15) is 0 Å². The Labute approximate surface area is 130 Å². The van der Waals surface area contributed by atoms with Crippen molar-refractivity contribution in [2.75, 3.05) is 0 Å². The monoisotopic (exact) mass is 288 g/mol. The number of aliphatic hydroxyl groups excluding tert-OH is 1. The van der Waals surface area contributed by atoms with Gasteiger partial charge in [-0.1, -0.05) is 57.7 Å². The number of rotatable bonds is 4. The van der Waals surface area contributed by atoms with E-state index in [1.54, 1.807) is 0 Å². The predicted molar refractivity (Wildman–Crippen MR) is 91.1 cm³/mol. The van der Waals surface area contributed by atoms with Gasteiger partial charge in [-0.3, -0.25) is 0 Å². The standard InChI is InChI=1S/C20H32O/c1-7-14(2)8-10-16-15(3)9-11-17-19(4,5)18(21)12-13-20(16,17)6/h7,16-18,21H,1-3,8-13H2,4-6H3/t16-,17-,18-,20+/m0/s1. The topological polar surface area (TPSA) is 20.2 Å². The Balaban J connectivity index is 2.25. The maximum atomic E-state index is 10.4. The fourth-order valence-electron chi connectivity index (χ4n) is 5.13. The van der Waals surface area contributed by atoms with E-state index in [4.69, 9.17) is 0 Å². The van der Waals surface area contributed by atoms with Crippen LogP contribution in [0.3, 0.4) is 0 Å². The van der Waals surface area contributed by atoms with Crippen molar-refractivity contribution in [1.29, 1.82) is 0 Å². The van der Waals surface area contributed by atoms with Gasteiger partial charge in [-0.15, -0.1) is 0 Å². The van der Waals surface area contributed by atoms with E-state index in [1.165, 1.54) is 12.0 Å². The zero-order chi connectivity index (χ0) is 15.8. The molecule has 1 N–H and O–H groups in total. The number of allylic oxidation sites excluding steroid dienone is 3. The molecule has 1 heteroatoms. The number of hydrogen-bond donors (Lipinski definition) is 1. The van der Waals surface area contributed by atoms with E-state index >= 15 is 0 Å². The Kier molecular flexibility index (Phi) is 4.54. The molecule has 4 atom stereocenters. The number of fused-ring (bicyclic) bond motifs is 1. The lowest BCUT2D eigenvalue weighted by molar-refractivity contribution is -0.124. The van der Waals surface area contributed by atoms with Crippen molar-refractivity contribution >= 4 is 0 Å². The van der Waals surface area contributed by atoms with Crippen LogP contribution in [0.1, 0.15) is 59.3 Å². The van der Waals surface area contributed by atoms with Crippen LogP contribution in [0.2, 0.25) is 0 Å². The summed E-state index contributed by atoms with van der Waals surface area (Å²) in [6, 6.07) is 0. The zero-order valence-corrected chi connectivity index (χ0v) is 14.1. The van der Waals surface area contributed by atoms with E-state index in [2.05, 4.69) is 40.5 Å². The van der Waals surface area contributed by atoms with E-state index in [1.807, 2.05) is 6.08 Å². The van der Waals surface area contributed by atoms with Crippen LogP contribution in [0.15, 0.2) is 37.0 Å². The van der Waals surface area contributed by atoms with Gasteiger partial charge in [0.05, 0.1) is 6.10 Å². The van der Waals surface area contributed by atoms with Crippen molar-refractivity contribution in [2.24, 2.45) is 22.7 Å². The highest BCUT2D eigenvalue weighted by Gasteiger charge is 2.55. The lowest BCUT2D eigenvalue weighted by Gasteiger charge is -2.59. The molecule has 0 spiro atoms. The smallest absolute Gasteiger partial charge is 0.0594 e. The first-order valence-electron chi connectivity index (χ1n) is 8.39. The fraction of sp³-hybridized carbons (Fsp3) is 0.700. The molecule has 2 rings (SSSR count). The van der Waals surface area contributed by atoms with Crippen LogP contribution in [0.5, 0.6) is 0 Å². The van der Waals surface area contributed by atoms with Gasteiger partial charge in [0.15, 0.2) is 0 Å². The summed E-state index contributed by atoms with van der Waals surface area (Å²) in [7, 11) is 0. The van der Waals surface area contributed by atoms with Crippen LogP contribution in [-0.2, 0) is 0 Å². The summed E-state index contributed by atoms with van der Waals surface area (Å²) in [5.74, 6) is 1.14. The lowest BCUT2D eigenvalue weighted by Crippen LogP contribution is -2.54. The van der Waals surface area contributed by atoms with Gasteiger partial charge in [0, 0.05) is 0 Å². The SMILES string of the molecule is C=CC(=C)CC[C@H]1C(=C)CC[C@H]2C(C)(C)[C@@H](O)CC[C@]12C. The highest BCUT2D eigenvalue weighted by Crippen LogP contribution is 2.61. The molecular formula is C20H32O. The Morgan fingerprint density at radius 2 is 2.00 bits per heavy atom. The molecule has 0 saturated heterocycles. The summed E-state index contributed by atoms with van der Waals surface area (Å²) in [5, 5.41) is 10.4. The van der Waals surface area contributed by atoms with Crippen LogP contribution in [0, 0.1) is 22.7 Å². The van der Waals surface area contributed by atoms with Crippen molar-refractivity contribution in [2.45, 2.75) is 65.4 Å². The average Bonchev–Trinajstić information content (AvgIpc) is 2.42. The molecule has 0 aromatic rings. The van der Waals surface area contributed by atoms with Gasteiger partial charge in [-0.25, -0.2) is 0 Å². The lowest BCUT2D eigenvalue weighted by atomic mass is 9.46. The first-order chi connectivity index (χ1) is 9.73. The second kappa shape index (κ2) is 5.76. The third-order valence-corrected chi connectivity index (χ3v) is 6.60. The van der Waals surface area contributed by atoms with Crippen molar-refractivity contribution in [3.05, 3.63) is 37.0 Å². The summed E-state index contributed by atoms with van der Waals surface area (Å²) in [6.07, 6.45) is 8.19. The minimum Gasteiger partial charge on any atom is -0.393 e. The second-order valence-corrected chi connectivity index (χ2v) is 8.08. The molecule has 118 valence electrons. The van der Waals surface area contributed by atoms with E-state index in [0.717, 1.165) is 37.7 Å². The van der Waals surface area contributed by atoms with Crippen LogP contribution >= 0.6 is 0 Å². The first-order valence-corrected chi connectivity index (χ1v) is 8.39. The van der Waals surface area contributed by atoms with E-state index in [-0.39, 0.29) is 16.9 Å². The molecule has 2 aliphatic rings. The zero-order valence-electron chi connectivity index (χ0n) is 14.1. The summed E-state index contributed by atoms with van der Waals surface area (Å²) in [4.78, 5) is 0. The van der Waals surface area contributed by atoms with Gasteiger partial charge in [-0.05, 0) is 61.2 Å². The van der Waals surface area contributed by atoms with Crippen molar-refractivity contribution < 1.29 is 5.11 Å². The van der Waals surface area contributed by atoms with Crippen LogP contribution < -0.4 is 0 Å². The maximum Gasteiger partial charge on any atom is 0.0594 e. The number of aliphatic hydroxyl groups is 1. The predicted octanol–water partition coefficient (Wildman–Crippen LogP) is 5.28. The van der Waals surface area contributed by atoms with E-state index in [9.17, 15) is 5.11 Å². The highest BCUT2D eigenvalue weighted by atomic mass is 16.3. The molecule has 0 bridgehead atoms. The van der Waals surface area contributed by atoms with Gasteiger partial charge in [0.2, 0.25) is 0 Å². The molecule has 2 saturated carbocycles. The quantitative estimate of drug-likeness (QED) is 0.551. The van der Waals surface area contributed by atoms with Gasteiger partial charge >= 0.3 is 0 Å². The molecule has 0 radical (unpaired) electrons. The molecule has 0 unspecified atom stereocenters. The maximum absolute atomic E-state index is 10.4. The molecule has 0 aromatic carbocycles. The van der Waals surface area contributed by atoms with Crippen molar-refractivity contribution in [3.63, 3.8) is 0 Å². The Morgan fingerprint density at radius 1 is 1.33 bits per heavy atom. The first kappa shape index (κ1) is 16.5. The second-order valence-electron chi connectivity index (χ2n) is 8.08. The third-order valence-electron chi connectivity index (χ3n) is 6.60. The molecule has 0 aliphatic heterocycles. The minimum atomic E-state index is -0.161. The molecule has 1 nitrogen and oxygen atoms in total. The fourth-order valence-corrected chi connectivity index (χ4v) is 5.13. The third kappa shape index (κ3) is 2.77. The van der Waals surface area contributed by atoms with E-state index < -0.39 is 0 Å². The largest absolute Gasteiger partial charge is 0.393 e. The van der Waals surface area contributed by atoms with Gasteiger partial charge < -0.3 is 5.11 Å². The normalized spacial score (nSPS) is 38.7. The molecule has 0 heterocycles. The Hall–Kier alpha value is -0.820. The summed E-state index contributed by atoms with van der Waals surface area (Å²) >= 11 is 0. The minimum absolute atomic E-state index is 0.0153.